The van der Waals surface area contributed by atoms with E-state index in [-0.39, 0.29) is 0 Å². The van der Waals surface area contributed by atoms with E-state index >= 15 is 0 Å². The molecular formula is C14H20ClN3S. The van der Waals surface area contributed by atoms with Crippen LogP contribution >= 0.6 is 22.9 Å². The third kappa shape index (κ3) is 2.86. The van der Waals surface area contributed by atoms with E-state index in [0.29, 0.717) is 6.04 Å². The number of rotatable bonds is 5. The summed E-state index contributed by atoms with van der Waals surface area (Å²) in [7, 11) is 3.96. The summed E-state index contributed by atoms with van der Waals surface area (Å²) in [5.74, 6) is 0. The average Bonchev–Trinajstić information content (AvgIpc) is 2.95. The minimum Gasteiger partial charge on any atom is -0.312 e. The first-order valence-corrected chi connectivity index (χ1v) is 7.75. The Hall–Kier alpha value is -0.840. The van der Waals surface area contributed by atoms with Gasteiger partial charge in [0.25, 0.3) is 0 Å². The second kappa shape index (κ2) is 6.07. The van der Waals surface area contributed by atoms with Gasteiger partial charge in [-0.1, -0.05) is 18.5 Å². The van der Waals surface area contributed by atoms with Gasteiger partial charge < -0.3 is 5.32 Å². The number of thiophene rings is 1. The number of aromatic nitrogens is 2. The first-order chi connectivity index (χ1) is 9.08. The van der Waals surface area contributed by atoms with Crippen molar-refractivity contribution >= 4 is 22.9 Å². The highest BCUT2D eigenvalue weighted by Crippen LogP contribution is 2.30. The fourth-order valence-electron chi connectivity index (χ4n) is 2.37. The van der Waals surface area contributed by atoms with Crippen molar-refractivity contribution in [2.75, 3.05) is 7.05 Å². The van der Waals surface area contributed by atoms with Crippen molar-refractivity contribution in [1.82, 2.24) is 15.1 Å². The first kappa shape index (κ1) is 14.6. The molecule has 0 aromatic carbocycles. The lowest BCUT2D eigenvalue weighted by atomic mass is 10.0. The van der Waals surface area contributed by atoms with Gasteiger partial charge in [0.05, 0.1) is 16.4 Å². The fourth-order valence-corrected chi connectivity index (χ4v) is 3.71. The smallest absolute Gasteiger partial charge is 0.0847 e. The number of halogens is 1. The zero-order chi connectivity index (χ0) is 14.0. The molecule has 2 rings (SSSR count). The standard InChI is InChI=1S/C14H20ClN3S/c1-5-10-6-7-19-14(10)11(16-3)8-12-13(15)9(2)17-18(12)4/h6-7,11,16H,5,8H2,1-4H3. The molecule has 0 saturated carbocycles. The van der Waals surface area contributed by atoms with E-state index < -0.39 is 0 Å². The predicted octanol–water partition coefficient (Wildman–Crippen LogP) is 3.51. The SMILES string of the molecule is CCc1ccsc1C(Cc1c(Cl)c(C)nn1C)NC. The summed E-state index contributed by atoms with van der Waals surface area (Å²) >= 11 is 8.15. The Morgan fingerprint density at radius 3 is 2.79 bits per heavy atom. The van der Waals surface area contributed by atoms with E-state index in [1.165, 1.54) is 10.4 Å². The predicted molar refractivity (Wildman–Crippen MR) is 82.2 cm³/mol. The van der Waals surface area contributed by atoms with E-state index in [1.807, 2.05) is 37.0 Å². The molecule has 0 radical (unpaired) electrons. The van der Waals surface area contributed by atoms with Gasteiger partial charge in [-0.3, -0.25) is 4.68 Å². The van der Waals surface area contributed by atoms with Crippen molar-refractivity contribution in [3.63, 3.8) is 0 Å². The fraction of sp³-hybridized carbons (Fsp3) is 0.500. The van der Waals surface area contributed by atoms with Crippen molar-refractivity contribution in [1.29, 1.82) is 0 Å². The molecule has 0 saturated heterocycles. The molecule has 0 amide bonds. The number of aryl methyl sites for hydroxylation is 3. The van der Waals surface area contributed by atoms with E-state index in [0.717, 1.165) is 29.3 Å². The second-order valence-corrected chi connectivity index (χ2v) is 6.00. The highest BCUT2D eigenvalue weighted by molar-refractivity contribution is 7.10. The Morgan fingerprint density at radius 2 is 2.26 bits per heavy atom. The number of hydrogen-bond donors (Lipinski definition) is 1. The topological polar surface area (TPSA) is 29.9 Å². The lowest BCUT2D eigenvalue weighted by Gasteiger charge is -2.17. The molecular weight excluding hydrogens is 278 g/mol. The van der Waals surface area contributed by atoms with Crippen LogP contribution in [0.5, 0.6) is 0 Å². The molecule has 2 aromatic rings. The maximum atomic E-state index is 6.34. The quantitative estimate of drug-likeness (QED) is 0.915. The number of nitrogens with zero attached hydrogens (tertiary/aromatic N) is 2. The van der Waals surface area contributed by atoms with Gasteiger partial charge in [-0.2, -0.15) is 5.10 Å². The molecule has 0 bridgehead atoms. The minimum absolute atomic E-state index is 0.294. The molecule has 0 aliphatic heterocycles. The van der Waals surface area contributed by atoms with Crippen LogP contribution in [0.1, 0.15) is 34.8 Å². The minimum atomic E-state index is 0.294. The Morgan fingerprint density at radius 1 is 1.53 bits per heavy atom. The molecule has 1 N–H and O–H groups in total. The van der Waals surface area contributed by atoms with Gasteiger partial charge in [0.15, 0.2) is 0 Å². The summed E-state index contributed by atoms with van der Waals surface area (Å²) in [6.07, 6.45) is 1.93. The van der Waals surface area contributed by atoms with Gasteiger partial charge in [-0.25, -0.2) is 0 Å². The Bertz CT molecular complexity index is 559. The Labute approximate surface area is 123 Å². The second-order valence-electron chi connectivity index (χ2n) is 4.68. The zero-order valence-corrected chi connectivity index (χ0v) is 13.4. The highest BCUT2D eigenvalue weighted by atomic mass is 35.5. The van der Waals surface area contributed by atoms with Gasteiger partial charge in [0.2, 0.25) is 0 Å². The van der Waals surface area contributed by atoms with Crippen LogP contribution in [0.4, 0.5) is 0 Å². The van der Waals surface area contributed by atoms with E-state index in [2.05, 4.69) is 28.8 Å². The van der Waals surface area contributed by atoms with Gasteiger partial charge in [0, 0.05) is 24.4 Å². The molecule has 0 aliphatic carbocycles. The van der Waals surface area contributed by atoms with Crippen LogP contribution in [0, 0.1) is 6.92 Å². The van der Waals surface area contributed by atoms with Crippen molar-refractivity contribution < 1.29 is 0 Å². The van der Waals surface area contributed by atoms with Crippen molar-refractivity contribution in [3.05, 3.63) is 38.3 Å². The van der Waals surface area contributed by atoms with Crippen LogP contribution < -0.4 is 5.32 Å². The van der Waals surface area contributed by atoms with Crippen molar-refractivity contribution in [2.45, 2.75) is 32.7 Å². The summed E-state index contributed by atoms with van der Waals surface area (Å²) in [5, 5.41) is 10.7. The summed E-state index contributed by atoms with van der Waals surface area (Å²) in [6.45, 7) is 4.14. The molecule has 2 aromatic heterocycles. The number of likely N-dealkylation sites (N-methyl/N-ethyl adjacent to an activating group) is 1. The normalized spacial score (nSPS) is 12.9. The number of nitrogens with one attached hydrogen (secondary N) is 1. The zero-order valence-electron chi connectivity index (χ0n) is 11.8. The molecule has 1 atom stereocenters. The van der Waals surface area contributed by atoms with Crippen LogP contribution in [0.2, 0.25) is 5.02 Å². The van der Waals surface area contributed by atoms with E-state index in [4.69, 9.17) is 11.6 Å². The van der Waals surface area contributed by atoms with Gasteiger partial charge in [-0.15, -0.1) is 11.3 Å². The average molecular weight is 298 g/mol. The van der Waals surface area contributed by atoms with Crippen LogP contribution in [-0.4, -0.2) is 16.8 Å². The van der Waals surface area contributed by atoms with Crippen LogP contribution in [0.25, 0.3) is 0 Å². The third-order valence-electron chi connectivity index (χ3n) is 3.49. The Kier molecular flexibility index (Phi) is 4.66. The Balaban J connectivity index is 2.29. The highest BCUT2D eigenvalue weighted by Gasteiger charge is 2.20. The molecule has 104 valence electrons. The van der Waals surface area contributed by atoms with Crippen molar-refractivity contribution in [2.24, 2.45) is 7.05 Å². The molecule has 19 heavy (non-hydrogen) atoms. The summed E-state index contributed by atoms with van der Waals surface area (Å²) in [6, 6.07) is 2.50. The van der Waals surface area contributed by atoms with Gasteiger partial charge >= 0.3 is 0 Å². The summed E-state index contributed by atoms with van der Waals surface area (Å²) in [5.41, 5.74) is 3.41. The molecule has 2 heterocycles. The van der Waals surface area contributed by atoms with E-state index in [9.17, 15) is 0 Å². The summed E-state index contributed by atoms with van der Waals surface area (Å²) in [4.78, 5) is 1.40. The maximum absolute atomic E-state index is 6.34. The van der Waals surface area contributed by atoms with Crippen molar-refractivity contribution in [3.8, 4) is 0 Å². The molecule has 0 aliphatic rings. The lowest BCUT2D eigenvalue weighted by molar-refractivity contribution is 0.566. The number of hydrogen-bond acceptors (Lipinski definition) is 3. The molecule has 3 nitrogen and oxygen atoms in total. The largest absolute Gasteiger partial charge is 0.312 e. The third-order valence-corrected chi connectivity index (χ3v) is 5.05. The van der Waals surface area contributed by atoms with Crippen LogP contribution in [0.3, 0.4) is 0 Å². The molecule has 0 spiro atoms. The first-order valence-electron chi connectivity index (χ1n) is 6.50. The van der Waals surface area contributed by atoms with E-state index in [1.54, 1.807) is 0 Å². The molecule has 1 unspecified atom stereocenters. The lowest BCUT2D eigenvalue weighted by Crippen LogP contribution is -2.20. The molecule has 5 heteroatoms. The van der Waals surface area contributed by atoms with Gasteiger partial charge in [0.1, 0.15) is 0 Å². The monoisotopic (exact) mass is 297 g/mol. The maximum Gasteiger partial charge on any atom is 0.0847 e. The van der Waals surface area contributed by atoms with Crippen LogP contribution in [-0.2, 0) is 19.9 Å². The summed E-state index contributed by atoms with van der Waals surface area (Å²) < 4.78 is 1.89. The van der Waals surface area contributed by atoms with Crippen LogP contribution in [0.15, 0.2) is 11.4 Å². The van der Waals surface area contributed by atoms with Gasteiger partial charge in [-0.05, 0) is 37.4 Å². The molecule has 0 fully saturated rings.